The van der Waals surface area contributed by atoms with Crippen molar-refractivity contribution in [2.45, 2.75) is 25.6 Å². The molecule has 1 aliphatic carbocycles. The third kappa shape index (κ3) is 4.68. The van der Waals surface area contributed by atoms with Crippen molar-refractivity contribution in [2.24, 2.45) is 5.92 Å². The first-order valence-electron chi connectivity index (χ1n) is 8.31. The first kappa shape index (κ1) is 21.5. The van der Waals surface area contributed by atoms with Crippen LogP contribution < -0.4 is 10.8 Å². The van der Waals surface area contributed by atoms with Crippen LogP contribution in [-0.4, -0.2) is 17.3 Å². The van der Waals surface area contributed by atoms with Crippen LogP contribution in [0, 0.1) is 21.1 Å². The van der Waals surface area contributed by atoms with E-state index in [0.717, 1.165) is 28.9 Å². The molecule has 0 saturated heterocycles. The number of amides is 1. The fourth-order valence-electron chi connectivity index (χ4n) is 2.61. The summed E-state index contributed by atoms with van der Waals surface area (Å²) in [5, 5.41) is 12.2. The summed E-state index contributed by atoms with van der Waals surface area (Å²) in [6, 6.07) is 5.86. The number of rotatable bonds is 6. The van der Waals surface area contributed by atoms with Gasteiger partial charge in [0, 0.05) is 9.49 Å². The molecule has 2 aromatic carbocycles. The number of carbonyl (C=O) groups excluding carboxylic acids is 1. The molecule has 1 unspecified atom stereocenters. The first-order valence-corrected chi connectivity index (χ1v) is 10.1. The summed E-state index contributed by atoms with van der Waals surface area (Å²) < 4.78 is 29.4. The van der Waals surface area contributed by atoms with Gasteiger partial charge in [-0.25, -0.2) is 19.1 Å². The zero-order valence-corrected chi connectivity index (χ0v) is 17.9. The summed E-state index contributed by atoms with van der Waals surface area (Å²) in [7, 11) is 0. The van der Waals surface area contributed by atoms with Crippen LogP contribution in [0.1, 0.15) is 29.6 Å². The minimum absolute atomic E-state index is 0.0722. The number of hydrogen-bond acceptors (Lipinski definition) is 4. The van der Waals surface area contributed by atoms with Gasteiger partial charge in [-0.1, -0.05) is 29.6 Å². The van der Waals surface area contributed by atoms with Gasteiger partial charge in [-0.15, -0.1) is 0 Å². The summed E-state index contributed by atoms with van der Waals surface area (Å²) in [5.41, 5.74) is 1.57. The standard InChI is InChI=1S/C18H15Cl2F2IN2O3/c19-11-6-9(23)4-5-13(11)24-16-10(7-12(20)14(21)15(16)22)17(26)25-28-18(27)8-2-1-3-8/h4-8,18,24,27H,1-3H2,(H,25,26). The molecule has 1 aliphatic rings. The van der Waals surface area contributed by atoms with Gasteiger partial charge in [0.15, 0.2) is 17.9 Å². The van der Waals surface area contributed by atoms with E-state index in [-0.39, 0.29) is 22.2 Å². The number of benzene rings is 2. The van der Waals surface area contributed by atoms with Gasteiger partial charge in [0.1, 0.15) is 0 Å². The van der Waals surface area contributed by atoms with E-state index in [2.05, 4.69) is 10.8 Å². The molecule has 0 radical (unpaired) electrons. The van der Waals surface area contributed by atoms with Gasteiger partial charge in [-0.3, -0.25) is 4.79 Å². The Kier molecular flexibility index (Phi) is 6.98. The Bertz CT molecular complexity index is 913. The third-order valence-electron chi connectivity index (χ3n) is 4.42. The number of anilines is 2. The molecular weight excluding hydrogens is 528 g/mol. The predicted octanol–water partition coefficient (Wildman–Crippen LogP) is 5.40. The molecule has 3 rings (SSSR count). The smallest absolute Gasteiger partial charge is 0.277 e. The molecule has 0 heterocycles. The van der Waals surface area contributed by atoms with Crippen molar-refractivity contribution in [3.63, 3.8) is 0 Å². The zero-order valence-electron chi connectivity index (χ0n) is 14.2. The monoisotopic (exact) mass is 542 g/mol. The van der Waals surface area contributed by atoms with Crippen molar-refractivity contribution in [1.29, 1.82) is 0 Å². The largest absolute Gasteiger partial charge is 0.366 e. The predicted molar refractivity (Wildman–Crippen MR) is 111 cm³/mol. The number of aliphatic hydroxyl groups excluding tert-OH is 1. The van der Waals surface area contributed by atoms with Gasteiger partial charge in [-0.05, 0) is 59.7 Å². The minimum atomic E-state index is -1.34. The van der Waals surface area contributed by atoms with E-state index in [1.54, 1.807) is 18.2 Å². The zero-order chi connectivity index (χ0) is 20.4. The maximum absolute atomic E-state index is 14.5. The average molecular weight is 543 g/mol. The molecule has 1 atom stereocenters. The van der Waals surface area contributed by atoms with Crippen molar-refractivity contribution >= 4 is 63.1 Å². The molecular formula is C18H15Cl2F2IN2O3. The van der Waals surface area contributed by atoms with Crippen molar-refractivity contribution in [2.75, 3.05) is 5.32 Å². The number of nitrogens with one attached hydrogen (secondary N) is 2. The van der Waals surface area contributed by atoms with Crippen molar-refractivity contribution in [3.8, 4) is 0 Å². The van der Waals surface area contributed by atoms with E-state index < -0.39 is 34.5 Å². The van der Waals surface area contributed by atoms with Crippen molar-refractivity contribution < 1.29 is 23.5 Å². The molecule has 0 aliphatic heterocycles. The first-order chi connectivity index (χ1) is 13.3. The van der Waals surface area contributed by atoms with Gasteiger partial charge in [0.2, 0.25) is 0 Å². The number of halogens is 5. The van der Waals surface area contributed by atoms with Crippen molar-refractivity contribution in [3.05, 3.63) is 55.1 Å². The van der Waals surface area contributed by atoms with Gasteiger partial charge >= 0.3 is 0 Å². The highest BCUT2D eigenvalue weighted by atomic mass is 127. The number of hydrogen-bond donors (Lipinski definition) is 3. The van der Waals surface area contributed by atoms with E-state index in [1.807, 2.05) is 22.6 Å². The van der Waals surface area contributed by atoms with Crippen LogP contribution in [0.3, 0.4) is 0 Å². The van der Waals surface area contributed by atoms with Crippen LogP contribution >= 0.6 is 45.8 Å². The van der Waals surface area contributed by atoms with Crippen LogP contribution in [0.25, 0.3) is 0 Å². The second-order valence-corrected chi connectivity index (χ2v) is 8.35. The highest BCUT2D eigenvalue weighted by Gasteiger charge is 2.28. The summed E-state index contributed by atoms with van der Waals surface area (Å²) >= 11 is 13.9. The van der Waals surface area contributed by atoms with Gasteiger partial charge in [-0.2, -0.15) is 0 Å². The maximum Gasteiger partial charge on any atom is 0.277 e. The van der Waals surface area contributed by atoms with Crippen LogP contribution in [0.2, 0.25) is 10.0 Å². The maximum atomic E-state index is 14.5. The Hall–Kier alpha value is -1.20. The third-order valence-corrected chi connectivity index (χ3v) is 5.68. The molecule has 28 heavy (non-hydrogen) atoms. The Balaban J connectivity index is 1.87. The lowest BCUT2D eigenvalue weighted by Gasteiger charge is -2.29. The average Bonchev–Trinajstić information content (AvgIpc) is 2.60. The Morgan fingerprint density at radius 1 is 1.21 bits per heavy atom. The normalized spacial score (nSPS) is 15.1. The Labute approximate surface area is 183 Å². The van der Waals surface area contributed by atoms with Gasteiger partial charge in [0.25, 0.3) is 5.91 Å². The van der Waals surface area contributed by atoms with E-state index in [0.29, 0.717) is 0 Å². The SMILES string of the molecule is O=C(NOC(O)C1CCC1)c1cc(Cl)c(F)c(F)c1Nc1ccc(I)cc1Cl. The molecule has 0 spiro atoms. The van der Waals surface area contributed by atoms with E-state index >= 15 is 0 Å². The van der Waals surface area contributed by atoms with Crippen LogP contribution in [0.15, 0.2) is 24.3 Å². The van der Waals surface area contributed by atoms with Crippen LogP contribution in [0.5, 0.6) is 0 Å². The fourth-order valence-corrected chi connectivity index (χ4v) is 3.71. The summed E-state index contributed by atoms with van der Waals surface area (Å²) in [5.74, 6) is -3.62. The van der Waals surface area contributed by atoms with Crippen LogP contribution in [-0.2, 0) is 4.84 Å². The molecule has 3 N–H and O–H groups in total. The lowest BCUT2D eigenvalue weighted by molar-refractivity contribution is -0.178. The molecule has 0 aromatic heterocycles. The highest BCUT2D eigenvalue weighted by molar-refractivity contribution is 14.1. The van der Waals surface area contributed by atoms with Gasteiger partial charge in [0.05, 0.1) is 27.0 Å². The molecule has 0 bridgehead atoms. The quantitative estimate of drug-likeness (QED) is 0.198. The summed E-state index contributed by atoms with van der Waals surface area (Å²) in [4.78, 5) is 17.4. The molecule has 2 aromatic rings. The van der Waals surface area contributed by atoms with Gasteiger partial charge < -0.3 is 10.4 Å². The Morgan fingerprint density at radius 3 is 2.54 bits per heavy atom. The number of aliphatic hydroxyl groups is 1. The lowest BCUT2D eigenvalue weighted by Crippen LogP contribution is -2.36. The topological polar surface area (TPSA) is 70.6 Å². The highest BCUT2D eigenvalue weighted by Crippen LogP contribution is 2.34. The molecule has 1 amide bonds. The Morgan fingerprint density at radius 2 is 1.93 bits per heavy atom. The number of hydroxylamine groups is 1. The molecule has 150 valence electrons. The van der Waals surface area contributed by atoms with E-state index in [1.165, 1.54) is 0 Å². The molecule has 1 saturated carbocycles. The lowest BCUT2D eigenvalue weighted by atomic mass is 9.85. The van der Waals surface area contributed by atoms with E-state index in [9.17, 15) is 18.7 Å². The number of carbonyl (C=O) groups is 1. The molecule has 1 fully saturated rings. The minimum Gasteiger partial charge on any atom is -0.366 e. The second kappa shape index (κ2) is 9.08. The fraction of sp³-hybridized carbons (Fsp3) is 0.278. The summed E-state index contributed by atoms with van der Waals surface area (Å²) in [6.45, 7) is 0. The van der Waals surface area contributed by atoms with Crippen molar-refractivity contribution in [1.82, 2.24) is 5.48 Å². The molecule has 10 heteroatoms. The summed E-state index contributed by atoms with van der Waals surface area (Å²) in [6.07, 6.45) is 1.36. The van der Waals surface area contributed by atoms with Crippen LogP contribution in [0.4, 0.5) is 20.2 Å². The second-order valence-electron chi connectivity index (χ2n) is 6.29. The molecule has 5 nitrogen and oxygen atoms in total. The van der Waals surface area contributed by atoms with E-state index in [4.69, 9.17) is 28.0 Å².